The zero-order valence-corrected chi connectivity index (χ0v) is 14.5. The largest absolute Gasteiger partial charge is 0.325 e. The van der Waals surface area contributed by atoms with Crippen LogP contribution in [0.15, 0.2) is 36.4 Å². The van der Waals surface area contributed by atoms with Crippen LogP contribution in [0.2, 0.25) is 0 Å². The van der Waals surface area contributed by atoms with Crippen LogP contribution in [0, 0.1) is 20.8 Å². The highest BCUT2D eigenvalue weighted by Gasteiger charge is 2.15. The molecular formula is C19H22N4O. The molecule has 0 radical (unpaired) electrons. The Labute approximate surface area is 141 Å². The van der Waals surface area contributed by atoms with Crippen molar-refractivity contribution in [3.63, 3.8) is 0 Å². The summed E-state index contributed by atoms with van der Waals surface area (Å²) in [5.41, 5.74) is 4.62. The number of rotatable bonds is 4. The fourth-order valence-electron chi connectivity index (χ4n) is 3.06. The first-order chi connectivity index (χ1) is 11.4. The smallest absolute Gasteiger partial charge is 0.226 e. The van der Waals surface area contributed by atoms with Gasteiger partial charge in [0.15, 0.2) is 0 Å². The summed E-state index contributed by atoms with van der Waals surface area (Å²) in [6.45, 7) is 7.91. The van der Waals surface area contributed by atoms with Crippen molar-refractivity contribution in [1.82, 2.24) is 14.8 Å². The highest BCUT2D eigenvalue weighted by atomic mass is 16.1. The second-order valence-corrected chi connectivity index (χ2v) is 6.30. The second kappa shape index (κ2) is 6.43. The van der Waals surface area contributed by atoms with Gasteiger partial charge >= 0.3 is 0 Å². The van der Waals surface area contributed by atoms with E-state index in [4.69, 9.17) is 0 Å². The molecule has 0 fully saturated rings. The fraction of sp³-hybridized carbons (Fsp3) is 0.316. The number of hydrogen-bond donors (Lipinski definition) is 1. The molecule has 2 aromatic heterocycles. The van der Waals surface area contributed by atoms with Crippen molar-refractivity contribution in [2.75, 3.05) is 5.32 Å². The van der Waals surface area contributed by atoms with Crippen LogP contribution in [0.4, 0.5) is 5.69 Å². The van der Waals surface area contributed by atoms with Gasteiger partial charge < -0.3 is 5.32 Å². The number of para-hydroxylation sites is 1. The normalized spacial score (nSPS) is 12.3. The summed E-state index contributed by atoms with van der Waals surface area (Å²) in [6.07, 6.45) is 0.373. The third-order valence-corrected chi connectivity index (χ3v) is 4.06. The number of nitrogens with zero attached hydrogens (tertiary/aromatic N) is 3. The summed E-state index contributed by atoms with van der Waals surface area (Å²) in [6, 6.07) is 11.8. The number of fused-ring (bicyclic) bond motifs is 1. The van der Waals surface area contributed by atoms with Gasteiger partial charge in [-0.15, -0.1) is 0 Å². The molecule has 1 amide bonds. The molecule has 0 saturated carbocycles. The number of carbonyl (C=O) groups excluding carboxylic acids is 1. The Hall–Kier alpha value is -2.69. The van der Waals surface area contributed by atoms with Crippen LogP contribution in [-0.2, 0) is 4.79 Å². The van der Waals surface area contributed by atoms with Crippen LogP contribution in [0.3, 0.4) is 0 Å². The third-order valence-electron chi connectivity index (χ3n) is 4.06. The van der Waals surface area contributed by atoms with E-state index in [1.807, 2.05) is 68.8 Å². The van der Waals surface area contributed by atoms with E-state index in [2.05, 4.69) is 15.4 Å². The van der Waals surface area contributed by atoms with Crippen molar-refractivity contribution < 1.29 is 4.79 Å². The maximum absolute atomic E-state index is 12.5. The van der Waals surface area contributed by atoms with E-state index < -0.39 is 0 Å². The van der Waals surface area contributed by atoms with Crippen LogP contribution < -0.4 is 5.32 Å². The average Bonchev–Trinajstić information content (AvgIpc) is 2.85. The number of anilines is 1. The highest BCUT2D eigenvalue weighted by Crippen LogP contribution is 2.24. The maximum atomic E-state index is 12.5. The average molecular weight is 322 g/mol. The van der Waals surface area contributed by atoms with Crippen molar-refractivity contribution in [3.8, 4) is 0 Å². The SMILES string of the molecule is Cc1cc(NC(=O)CC(C)n2nc(C)cc2C)c2ccccc2n1. The summed E-state index contributed by atoms with van der Waals surface area (Å²) in [4.78, 5) is 17.0. The van der Waals surface area contributed by atoms with E-state index in [-0.39, 0.29) is 11.9 Å². The van der Waals surface area contributed by atoms with Crippen LogP contribution in [0.25, 0.3) is 10.9 Å². The van der Waals surface area contributed by atoms with Gasteiger partial charge in [0.25, 0.3) is 0 Å². The number of aromatic nitrogens is 3. The van der Waals surface area contributed by atoms with Gasteiger partial charge in [0.1, 0.15) is 0 Å². The summed E-state index contributed by atoms with van der Waals surface area (Å²) in [5.74, 6) is -0.0224. The minimum Gasteiger partial charge on any atom is -0.325 e. The van der Waals surface area contributed by atoms with Gasteiger partial charge in [0, 0.05) is 23.2 Å². The van der Waals surface area contributed by atoms with E-state index in [1.165, 1.54) is 0 Å². The Balaban J connectivity index is 1.79. The molecule has 1 atom stereocenters. The van der Waals surface area contributed by atoms with E-state index in [9.17, 15) is 4.79 Å². The number of nitrogens with one attached hydrogen (secondary N) is 1. The Morgan fingerprint density at radius 2 is 1.92 bits per heavy atom. The minimum atomic E-state index is -0.0224. The molecule has 1 N–H and O–H groups in total. The lowest BCUT2D eigenvalue weighted by Gasteiger charge is -2.15. The Morgan fingerprint density at radius 3 is 2.62 bits per heavy atom. The summed E-state index contributed by atoms with van der Waals surface area (Å²) >= 11 is 0. The van der Waals surface area contributed by atoms with Gasteiger partial charge in [-0.2, -0.15) is 5.10 Å². The Kier molecular flexibility index (Phi) is 4.34. The van der Waals surface area contributed by atoms with E-state index in [0.717, 1.165) is 33.7 Å². The van der Waals surface area contributed by atoms with Crippen molar-refractivity contribution >= 4 is 22.5 Å². The lowest BCUT2D eigenvalue weighted by molar-refractivity contribution is -0.116. The zero-order valence-electron chi connectivity index (χ0n) is 14.5. The lowest BCUT2D eigenvalue weighted by Crippen LogP contribution is -2.19. The van der Waals surface area contributed by atoms with Crippen LogP contribution in [-0.4, -0.2) is 20.7 Å². The van der Waals surface area contributed by atoms with Gasteiger partial charge in [0.05, 0.1) is 22.9 Å². The minimum absolute atomic E-state index is 0.00731. The molecule has 1 aromatic carbocycles. The topological polar surface area (TPSA) is 59.8 Å². The number of aryl methyl sites for hydroxylation is 3. The molecule has 0 aliphatic carbocycles. The van der Waals surface area contributed by atoms with Gasteiger partial charge in [0.2, 0.25) is 5.91 Å². The van der Waals surface area contributed by atoms with E-state index in [0.29, 0.717) is 6.42 Å². The molecule has 2 heterocycles. The molecule has 5 heteroatoms. The Bertz CT molecular complexity index is 898. The molecule has 0 aliphatic rings. The molecule has 24 heavy (non-hydrogen) atoms. The molecule has 3 rings (SSSR count). The summed E-state index contributed by atoms with van der Waals surface area (Å²) < 4.78 is 1.91. The van der Waals surface area contributed by atoms with Gasteiger partial charge in [-0.1, -0.05) is 18.2 Å². The van der Waals surface area contributed by atoms with Crippen molar-refractivity contribution in [1.29, 1.82) is 0 Å². The van der Waals surface area contributed by atoms with Crippen LogP contribution in [0.5, 0.6) is 0 Å². The Morgan fingerprint density at radius 1 is 1.17 bits per heavy atom. The highest BCUT2D eigenvalue weighted by molar-refractivity contribution is 6.01. The van der Waals surface area contributed by atoms with Crippen molar-refractivity contribution in [2.45, 2.75) is 40.2 Å². The lowest BCUT2D eigenvalue weighted by atomic mass is 10.1. The summed E-state index contributed by atoms with van der Waals surface area (Å²) in [7, 11) is 0. The molecule has 0 bridgehead atoms. The van der Waals surface area contributed by atoms with Crippen LogP contribution >= 0.6 is 0 Å². The van der Waals surface area contributed by atoms with Gasteiger partial charge in [-0.05, 0) is 45.9 Å². The third kappa shape index (κ3) is 3.30. The number of amides is 1. The van der Waals surface area contributed by atoms with Crippen molar-refractivity contribution in [2.24, 2.45) is 0 Å². The molecule has 0 saturated heterocycles. The van der Waals surface area contributed by atoms with Gasteiger partial charge in [-0.3, -0.25) is 14.5 Å². The zero-order chi connectivity index (χ0) is 17.3. The first-order valence-electron chi connectivity index (χ1n) is 8.13. The predicted molar refractivity (Wildman–Crippen MR) is 96.1 cm³/mol. The fourth-order valence-corrected chi connectivity index (χ4v) is 3.06. The van der Waals surface area contributed by atoms with E-state index in [1.54, 1.807) is 0 Å². The van der Waals surface area contributed by atoms with Gasteiger partial charge in [-0.25, -0.2) is 0 Å². The first kappa shape index (κ1) is 16.2. The first-order valence-corrected chi connectivity index (χ1v) is 8.13. The standard InChI is InChI=1S/C19H22N4O/c1-12-10-18(16-7-5-6-8-17(16)20-12)21-19(24)11-15(4)23-14(3)9-13(2)22-23/h5-10,15H,11H2,1-4H3,(H,20,21,24). The van der Waals surface area contributed by atoms with E-state index >= 15 is 0 Å². The number of benzene rings is 1. The maximum Gasteiger partial charge on any atom is 0.226 e. The monoisotopic (exact) mass is 322 g/mol. The quantitative estimate of drug-likeness (QED) is 0.791. The number of pyridine rings is 1. The number of carbonyl (C=O) groups is 1. The molecule has 0 aliphatic heterocycles. The predicted octanol–water partition coefficient (Wildman–Crippen LogP) is 3.95. The number of hydrogen-bond acceptors (Lipinski definition) is 3. The molecule has 0 spiro atoms. The molecule has 3 aromatic rings. The molecular weight excluding hydrogens is 300 g/mol. The summed E-state index contributed by atoms with van der Waals surface area (Å²) in [5, 5.41) is 8.45. The molecule has 1 unspecified atom stereocenters. The van der Waals surface area contributed by atoms with Crippen molar-refractivity contribution in [3.05, 3.63) is 53.5 Å². The molecule has 5 nitrogen and oxygen atoms in total. The molecule has 124 valence electrons. The second-order valence-electron chi connectivity index (χ2n) is 6.30. The van der Waals surface area contributed by atoms with Crippen LogP contribution in [0.1, 0.15) is 36.5 Å².